The van der Waals surface area contributed by atoms with E-state index in [0.29, 0.717) is 6.61 Å². The molecule has 0 aliphatic carbocycles. The van der Waals surface area contributed by atoms with Crippen LogP contribution >= 0.6 is 0 Å². The van der Waals surface area contributed by atoms with Crippen LogP contribution in [0.25, 0.3) is 0 Å². The number of carbonyl (C=O) groups is 1. The molecule has 0 bridgehead atoms. The normalized spacial score (nSPS) is 33.1. The first kappa shape index (κ1) is 6.55. The highest BCUT2D eigenvalue weighted by atomic mass is 16.5. The SMILES string of the molecule is COC(=O)C1COC1C. The summed E-state index contributed by atoms with van der Waals surface area (Å²) in [7, 11) is 1.40. The summed E-state index contributed by atoms with van der Waals surface area (Å²) < 4.78 is 9.47. The predicted molar refractivity (Wildman–Crippen MR) is 30.9 cm³/mol. The van der Waals surface area contributed by atoms with Gasteiger partial charge in [-0.05, 0) is 6.92 Å². The summed E-state index contributed by atoms with van der Waals surface area (Å²) >= 11 is 0. The van der Waals surface area contributed by atoms with E-state index in [1.54, 1.807) is 0 Å². The number of esters is 1. The molecule has 2 unspecified atom stereocenters. The first-order chi connectivity index (χ1) is 4.25. The Balaban J connectivity index is 2.35. The second-order valence-electron chi connectivity index (χ2n) is 2.17. The molecule has 0 aromatic heterocycles. The minimum Gasteiger partial charge on any atom is -0.469 e. The molecule has 3 heteroatoms. The van der Waals surface area contributed by atoms with Gasteiger partial charge in [-0.2, -0.15) is 0 Å². The molecule has 1 heterocycles. The van der Waals surface area contributed by atoms with Gasteiger partial charge in [0.25, 0.3) is 0 Å². The van der Waals surface area contributed by atoms with Crippen LogP contribution in [-0.2, 0) is 14.3 Å². The highest BCUT2D eigenvalue weighted by Gasteiger charge is 2.35. The third-order valence-electron chi connectivity index (χ3n) is 1.61. The molecule has 0 aromatic carbocycles. The van der Waals surface area contributed by atoms with E-state index in [0.717, 1.165) is 0 Å². The van der Waals surface area contributed by atoms with Crippen LogP contribution in [0.3, 0.4) is 0 Å². The van der Waals surface area contributed by atoms with E-state index >= 15 is 0 Å². The van der Waals surface area contributed by atoms with E-state index < -0.39 is 0 Å². The predicted octanol–water partition coefficient (Wildman–Crippen LogP) is 0.194. The molecule has 1 aliphatic rings. The lowest BCUT2D eigenvalue weighted by Gasteiger charge is -2.31. The van der Waals surface area contributed by atoms with Gasteiger partial charge in [-0.15, -0.1) is 0 Å². The lowest BCUT2D eigenvalue weighted by molar-refractivity contribution is -0.172. The van der Waals surface area contributed by atoms with Crippen LogP contribution in [0, 0.1) is 5.92 Å². The van der Waals surface area contributed by atoms with Gasteiger partial charge in [0, 0.05) is 0 Å². The van der Waals surface area contributed by atoms with Gasteiger partial charge < -0.3 is 9.47 Å². The van der Waals surface area contributed by atoms with Crippen LogP contribution in [0.1, 0.15) is 6.92 Å². The summed E-state index contributed by atoms with van der Waals surface area (Å²) in [4.78, 5) is 10.7. The quantitative estimate of drug-likeness (QED) is 0.475. The Bertz CT molecular complexity index is 121. The van der Waals surface area contributed by atoms with E-state index in [4.69, 9.17) is 4.74 Å². The maximum absolute atomic E-state index is 10.7. The lowest BCUT2D eigenvalue weighted by Crippen LogP contribution is -2.43. The average molecular weight is 130 g/mol. The molecule has 2 atom stereocenters. The number of hydrogen-bond donors (Lipinski definition) is 0. The Labute approximate surface area is 53.9 Å². The van der Waals surface area contributed by atoms with Crippen LogP contribution in [0.2, 0.25) is 0 Å². The van der Waals surface area contributed by atoms with Gasteiger partial charge in [0.2, 0.25) is 0 Å². The molecule has 1 fully saturated rings. The maximum Gasteiger partial charge on any atom is 0.313 e. The van der Waals surface area contributed by atoms with Crippen molar-refractivity contribution in [3.63, 3.8) is 0 Å². The van der Waals surface area contributed by atoms with E-state index in [1.165, 1.54) is 7.11 Å². The Morgan fingerprint density at radius 1 is 1.78 bits per heavy atom. The van der Waals surface area contributed by atoms with Crippen molar-refractivity contribution in [2.24, 2.45) is 5.92 Å². The fraction of sp³-hybridized carbons (Fsp3) is 0.833. The van der Waals surface area contributed by atoms with E-state index in [9.17, 15) is 4.79 Å². The first-order valence-corrected chi connectivity index (χ1v) is 2.95. The van der Waals surface area contributed by atoms with Crippen LogP contribution in [0.4, 0.5) is 0 Å². The zero-order valence-corrected chi connectivity index (χ0v) is 5.59. The zero-order valence-electron chi connectivity index (χ0n) is 5.59. The van der Waals surface area contributed by atoms with Crippen molar-refractivity contribution in [3.8, 4) is 0 Å². The van der Waals surface area contributed by atoms with Crippen LogP contribution in [0.15, 0.2) is 0 Å². The van der Waals surface area contributed by atoms with Crippen molar-refractivity contribution >= 4 is 5.97 Å². The van der Waals surface area contributed by atoms with Crippen molar-refractivity contribution < 1.29 is 14.3 Å². The lowest BCUT2D eigenvalue weighted by atomic mass is 10.0. The fourth-order valence-electron chi connectivity index (χ4n) is 0.796. The summed E-state index contributed by atoms with van der Waals surface area (Å²) in [5.74, 6) is -0.177. The van der Waals surface area contributed by atoms with Gasteiger partial charge in [0.15, 0.2) is 0 Å². The van der Waals surface area contributed by atoms with E-state index in [2.05, 4.69) is 4.74 Å². The number of ether oxygens (including phenoxy) is 2. The Kier molecular flexibility index (Phi) is 1.71. The van der Waals surface area contributed by atoms with Crippen molar-refractivity contribution in [2.75, 3.05) is 13.7 Å². The third kappa shape index (κ3) is 1.05. The van der Waals surface area contributed by atoms with E-state index in [-0.39, 0.29) is 18.0 Å². The highest BCUT2D eigenvalue weighted by molar-refractivity contribution is 5.73. The zero-order chi connectivity index (χ0) is 6.85. The molecule has 1 saturated heterocycles. The minimum absolute atomic E-state index is 0.0185. The molecular formula is C6H10O3. The maximum atomic E-state index is 10.7. The molecular weight excluding hydrogens is 120 g/mol. The molecule has 1 rings (SSSR count). The number of carbonyl (C=O) groups excluding carboxylic acids is 1. The van der Waals surface area contributed by atoms with Crippen LogP contribution < -0.4 is 0 Å². The molecule has 0 spiro atoms. The second kappa shape index (κ2) is 2.35. The smallest absolute Gasteiger partial charge is 0.313 e. The molecule has 3 nitrogen and oxygen atoms in total. The summed E-state index contributed by atoms with van der Waals surface area (Å²) in [6.07, 6.45) is 0.0532. The number of hydrogen-bond acceptors (Lipinski definition) is 3. The Hall–Kier alpha value is -0.570. The molecule has 0 amide bonds. The van der Waals surface area contributed by atoms with Crippen molar-refractivity contribution in [1.82, 2.24) is 0 Å². The molecule has 0 saturated carbocycles. The molecule has 0 N–H and O–H groups in total. The first-order valence-electron chi connectivity index (χ1n) is 2.95. The van der Waals surface area contributed by atoms with Gasteiger partial charge in [0.1, 0.15) is 5.92 Å². The van der Waals surface area contributed by atoms with Crippen molar-refractivity contribution in [3.05, 3.63) is 0 Å². The average Bonchev–Trinajstić information content (AvgIpc) is 1.84. The van der Waals surface area contributed by atoms with Crippen molar-refractivity contribution in [1.29, 1.82) is 0 Å². The van der Waals surface area contributed by atoms with Gasteiger partial charge in [0.05, 0.1) is 19.8 Å². The highest BCUT2D eigenvalue weighted by Crippen LogP contribution is 2.20. The second-order valence-corrected chi connectivity index (χ2v) is 2.17. The Morgan fingerprint density at radius 2 is 2.44 bits per heavy atom. The summed E-state index contributed by atoms with van der Waals surface area (Å²) in [6, 6.07) is 0. The molecule has 0 radical (unpaired) electrons. The van der Waals surface area contributed by atoms with E-state index in [1.807, 2.05) is 6.92 Å². The van der Waals surface area contributed by atoms with Gasteiger partial charge in [-0.1, -0.05) is 0 Å². The third-order valence-corrected chi connectivity index (χ3v) is 1.61. The summed E-state index contributed by atoms with van der Waals surface area (Å²) in [5, 5.41) is 0. The number of methoxy groups -OCH3 is 1. The molecule has 1 aliphatic heterocycles. The van der Waals surface area contributed by atoms with Gasteiger partial charge >= 0.3 is 5.97 Å². The van der Waals surface area contributed by atoms with Gasteiger partial charge in [-0.3, -0.25) is 4.79 Å². The van der Waals surface area contributed by atoms with Crippen molar-refractivity contribution in [2.45, 2.75) is 13.0 Å². The van der Waals surface area contributed by atoms with Crippen LogP contribution in [0.5, 0.6) is 0 Å². The summed E-state index contributed by atoms with van der Waals surface area (Å²) in [6.45, 7) is 2.39. The monoisotopic (exact) mass is 130 g/mol. The largest absolute Gasteiger partial charge is 0.469 e. The molecule has 0 aromatic rings. The van der Waals surface area contributed by atoms with Crippen LogP contribution in [-0.4, -0.2) is 25.8 Å². The fourth-order valence-corrected chi connectivity index (χ4v) is 0.796. The van der Waals surface area contributed by atoms with Gasteiger partial charge in [-0.25, -0.2) is 0 Å². The molecule has 52 valence electrons. The molecule has 9 heavy (non-hydrogen) atoms. The summed E-state index contributed by atoms with van der Waals surface area (Å²) in [5.41, 5.74) is 0. The Morgan fingerprint density at radius 3 is 2.56 bits per heavy atom. The topological polar surface area (TPSA) is 35.5 Å². The standard InChI is InChI=1S/C6H10O3/c1-4-5(3-9-4)6(7)8-2/h4-5H,3H2,1-2H3. The minimum atomic E-state index is -0.159. The number of rotatable bonds is 1.